The van der Waals surface area contributed by atoms with Crippen molar-refractivity contribution in [2.75, 3.05) is 10.5 Å². The zero-order valence-electron chi connectivity index (χ0n) is 13.9. The zero-order valence-corrected chi connectivity index (χ0v) is 14.7. The second kappa shape index (κ2) is 7.11. The fraction of sp³-hybridized carbons (Fsp3) is 0.588. The lowest BCUT2D eigenvalue weighted by molar-refractivity contribution is 0.0924. The van der Waals surface area contributed by atoms with Gasteiger partial charge in [0, 0.05) is 29.4 Å². The highest BCUT2D eigenvalue weighted by atomic mass is 32.2. The van der Waals surface area contributed by atoms with Crippen molar-refractivity contribution in [2.45, 2.75) is 57.2 Å². The maximum absolute atomic E-state index is 12.5. The van der Waals surface area contributed by atoms with Crippen LogP contribution in [0.15, 0.2) is 24.3 Å². The molecule has 6 nitrogen and oxygen atoms in total. The first-order valence-corrected chi connectivity index (χ1v) is 10.3. The highest BCUT2D eigenvalue weighted by Crippen LogP contribution is 2.27. The molecule has 0 saturated carbocycles. The normalized spacial score (nSPS) is 26.1. The SMILES string of the molecule is CCCS(=O)(=O)Nc1cccc(C(=O)NC2CC3CCC(C2)N3)c1. The predicted octanol–water partition coefficient (Wildman–Crippen LogP) is 1.85. The molecule has 132 valence electrons. The monoisotopic (exact) mass is 351 g/mol. The molecule has 3 N–H and O–H groups in total. The van der Waals surface area contributed by atoms with E-state index in [2.05, 4.69) is 15.4 Å². The fourth-order valence-corrected chi connectivity index (χ4v) is 4.79. The Morgan fingerprint density at radius 1 is 1.25 bits per heavy atom. The number of carbonyl (C=O) groups excluding carboxylic acids is 1. The van der Waals surface area contributed by atoms with Gasteiger partial charge in [0.25, 0.3) is 5.91 Å². The van der Waals surface area contributed by atoms with Crippen molar-refractivity contribution in [3.05, 3.63) is 29.8 Å². The van der Waals surface area contributed by atoms with Gasteiger partial charge in [-0.1, -0.05) is 13.0 Å². The lowest BCUT2D eigenvalue weighted by Crippen LogP contribution is -2.48. The molecule has 2 saturated heterocycles. The molecule has 7 heteroatoms. The fourth-order valence-electron chi connectivity index (χ4n) is 3.67. The van der Waals surface area contributed by atoms with Crippen molar-refractivity contribution < 1.29 is 13.2 Å². The van der Waals surface area contributed by atoms with Crippen molar-refractivity contribution in [3.8, 4) is 0 Å². The van der Waals surface area contributed by atoms with Crippen LogP contribution < -0.4 is 15.4 Å². The van der Waals surface area contributed by atoms with Crippen LogP contribution in [0.2, 0.25) is 0 Å². The van der Waals surface area contributed by atoms with Gasteiger partial charge in [0.2, 0.25) is 10.0 Å². The summed E-state index contributed by atoms with van der Waals surface area (Å²) in [4.78, 5) is 12.5. The average molecular weight is 351 g/mol. The van der Waals surface area contributed by atoms with E-state index in [1.807, 2.05) is 6.92 Å². The molecule has 0 aliphatic carbocycles. The van der Waals surface area contributed by atoms with Gasteiger partial charge in [-0.05, 0) is 50.3 Å². The topological polar surface area (TPSA) is 87.3 Å². The van der Waals surface area contributed by atoms with E-state index in [0.29, 0.717) is 29.8 Å². The van der Waals surface area contributed by atoms with E-state index in [9.17, 15) is 13.2 Å². The summed E-state index contributed by atoms with van der Waals surface area (Å²) in [5.74, 6) is -0.0702. The Morgan fingerprint density at radius 2 is 1.96 bits per heavy atom. The Morgan fingerprint density at radius 3 is 2.62 bits per heavy atom. The third kappa shape index (κ3) is 4.27. The largest absolute Gasteiger partial charge is 0.349 e. The number of carbonyl (C=O) groups is 1. The molecule has 24 heavy (non-hydrogen) atoms. The van der Waals surface area contributed by atoms with E-state index < -0.39 is 10.0 Å². The number of fused-ring (bicyclic) bond motifs is 2. The molecule has 3 rings (SSSR count). The van der Waals surface area contributed by atoms with Gasteiger partial charge < -0.3 is 10.6 Å². The maximum atomic E-state index is 12.5. The van der Waals surface area contributed by atoms with Gasteiger partial charge in [0.05, 0.1) is 5.75 Å². The number of piperidine rings is 1. The summed E-state index contributed by atoms with van der Waals surface area (Å²) in [7, 11) is -3.35. The van der Waals surface area contributed by atoms with Crippen molar-refractivity contribution in [1.29, 1.82) is 0 Å². The van der Waals surface area contributed by atoms with E-state index in [4.69, 9.17) is 0 Å². The number of hydrogen-bond donors (Lipinski definition) is 3. The summed E-state index contributed by atoms with van der Waals surface area (Å²) in [6, 6.07) is 7.89. The number of sulfonamides is 1. The minimum atomic E-state index is -3.35. The van der Waals surface area contributed by atoms with Gasteiger partial charge in [-0.15, -0.1) is 0 Å². The molecule has 2 fully saturated rings. The first kappa shape index (κ1) is 17.2. The van der Waals surface area contributed by atoms with Crippen LogP contribution in [-0.2, 0) is 10.0 Å². The predicted molar refractivity (Wildman–Crippen MR) is 94.6 cm³/mol. The van der Waals surface area contributed by atoms with Crippen molar-refractivity contribution in [2.24, 2.45) is 0 Å². The third-order valence-corrected chi connectivity index (χ3v) is 6.17. The molecule has 2 heterocycles. The van der Waals surface area contributed by atoms with Crippen LogP contribution in [0, 0.1) is 0 Å². The molecule has 2 unspecified atom stereocenters. The highest BCUT2D eigenvalue weighted by Gasteiger charge is 2.34. The number of amides is 1. The minimum Gasteiger partial charge on any atom is -0.349 e. The van der Waals surface area contributed by atoms with Crippen LogP contribution in [0.1, 0.15) is 49.4 Å². The van der Waals surface area contributed by atoms with Crippen LogP contribution in [0.4, 0.5) is 5.69 Å². The lowest BCUT2D eigenvalue weighted by atomic mass is 9.99. The maximum Gasteiger partial charge on any atom is 0.251 e. The zero-order chi connectivity index (χ0) is 17.2. The molecule has 1 amide bonds. The highest BCUT2D eigenvalue weighted by molar-refractivity contribution is 7.92. The van der Waals surface area contributed by atoms with Crippen LogP contribution in [0.5, 0.6) is 0 Å². The van der Waals surface area contributed by atoms with E-state index >= 15 is 0 Å². The molecule has 1 aromatic rings. The van der Waals surface area contributed by atoms with Gasteiger partial charge in [-0.3, -0.25) is 9.52 Å². The molecule has 1 aromatic carbocycles. The van der Waals surface area contributed by atoms with Crippen LogP contribution in [-0.4, -0.2) is 38.2 Å². The second-order valence-electron chi connectivity index (χ2n) is 6.78. The molecular formula is C17H25N3O3S. The van der Waals surface area contributed by atoms with Gasteiger partial charge in [-0.25, -0.2) is 8.42 Å². The lowest BCUT2D eigenvalue weighted by Gasteiger charge is -2.29. The number of hydrogen-bond acceptors (Lipinski definition) is 4. The van der Waals surface area contributed by atoms with Crippen molar-refractivity contribution in [1.82, 2.24) is 10.6 Å². The van der Waals surface area contributed by atoms with Gasteiger partial charge in [0.15, 0.2) is 0 Å². The van der Waals surface area contributed by atoms with Crippen LogP contribution in [0.25, 0.3) is 0 Å². The van der Waals surface area contributed by atoms with Crippen LogP contribution in [0.3, 0.4) is 0 Å². The van der Waals surface area contributed by atoms with E-state index in [1.165, 1.54) is 12.8 Å². The summed E-state index contributed by atoms with van der Waals surface area (Å²) < 4.78 is 26.2. The Kier molecular flexibility index (Phi) is 5.10. The molecule has 2 atom stereocenters. The summed E-state index contributed by atoms with van der Waals surface area (Å²) in [6.07, 6.45) is 4.85. The smallest absolute Gasteiger partial charge is 0.251 e. The van der Waals surface area contributed by atoms with E-state index in [0.717, 1.165) is 12.8 Å². The summed E-state index contributed by atoms with van der Waals surface area (Å²) in [5.41, 5.74) is 0.916. The number of anilines is 1. The molecule has 0 spiro atoms. The Hall–Kier alpha value is -1.60. The molecule has 2 aliphatic heterocycles. The molecular weight excluding hydrogens is 326 g/mol. The number of nitrogens with one attached hydrogen (secondary N) is 3. The quantitative estimate of drug-likeness (QED) is 0.730. The Balaban J connectivity index is 1.64. The van der Waals surface area contributed by atoms with Crippen molar-refractivity contribution in [3.63, 3.8) is 0 Å². The number of rotatable bonds is 6. The summed E-state index contributed by atoms with van der Waals surface area (Å²) in [5, 5.41) is 6.65. The number of benzene rings is 1. The van der Waals surface area contributed by atoms with Gasteiger partial charge >= 0.3 is 0 Å². The molecule has 2 bridgehead atoms. The molecule has 0 radical (unpaired) electrons. The van der Waals surface area contributed by atoms with Gasteiger partial charge in [0.1, 0.15) is 0 Å². The minimum absolute atomic E-state index is 0.0707. The van der Waals surface area contributed by atoms with Gasteiger partial charge in [-0.2, -0.15) is 0 Å². The summed E-state index contributed by atoms with van der Waals surface area (Å²) in [6.45, 7) is 1.81. The first-order valence-electron chi connectivity index (χ1n) is 8.62. The van der Waals surface area contributed by atoms with Crippen molar-refractivity contribution >= 4 is 21.6 Å². The molecule has 2 aliphatic rings. The Labute approximate surface area is 143 Å². The third-order valence-electron chi connectivity index (χ3n) is 4.68. The van der Waals surface area contributed by atoms with E-state index in [1.54, 1.807) is 24.3 Å². The first-order chi connectivity index (χ1) is 11.4. The Bertz CT molecular complexity index is 693. The summed E-state index contributed by atoms with van der Waals surface area (Å²) >= 11 is 0. The molecule has 0 aromatic heterocycles. The van der Waals surface area contributed by atoms with E-state index in [-0.39, 0.29) is 17.7 Å². The average Bonchev–Trinajstić information content (AvgIpc) is 2.85. The van der Waals surface area contributed by atoms with Crippen LogP contribution >= 0.6 is 0 Å². The standard InChI is InChI=1S/C17H25N3O3S/c1-2-8-24(22,23)20-15-5-3-4-12(9-15)17(21)19-16-10-13-6-7-14(11-16)18-13/h3-5,9,13-14,16,18,20H,2,6-8,10-11H2,1H3,(H,19,21). The second-order valence-corrected chi connectivity index (χ2v) is 8.62.